The minimum Gasteiger partial charge on any atom is -0.388 e. The summed E-state index contributed by atoms with van der Waals surface area (Å²) in [5, 5.41) is 7.41. The fourth-order valence-electron chi connectivity index (χ4n) is 2.11. The molecule has 2 rings (SSSR count). The van der Waals surface area contributed by atoms with Crippen LogP contribution in [0, 0.1) is 12.3 Å². The molecule has 0 atom stereocenters. The van der Waals surface area contributed by atoms with Crippen LogP contribution in [0.25, 0.3) is 0 Å². The van der Waals surface area contributed by atoms with Crippen molar-refractivity contribution in [2.45, 2.75) is 19.9 Å². The van der Waals surface area contributed by atoms with E-state index in [4.69, 9.17) is 11.1 Å². The van der Waals surface area contributed by atoms with Crippen LogP contribution in [-0.4, -0.2) is 12.4 Å². The number of nitrogens with two attached hydrogens (primary N) is 1. The maximum atomic E-state index is 7.41. The number of nitrogens with one attached hydrogen (secondary N) is 1. The van der Waals surface area contributed by atoms with Crippen LogP contribution in [0.1, 0.15) is 17.5 Å². The highest BCUT2D eigenvalue weighted by Gasteiger charge is 2.07. The van der Waals surface area contributed by atoms with Crippen molar-refractivity contribution in [1.29, 1.82) is 5.41 Å². The molecule has 3 N–H and O–H groups in total. The third kappa shape index (κ3) is 4.12. The Bertz CT molecular complexity index is 546. The molecule has 0 aromatic heterocycles. The molecule has 20 heavy (non-hydrogen) atoms. The summed E-state index contributed by atoms with van der Waals surface area (Å²) in [7, 11) is 0. The van der Waals surface area contributed by atoms with Gasteiger partial charge in [-0.25, -0.2) is 0 Å². The van der Waals surface area contributed by atoms with E-state index in [2.05, 4.69) is 48.2 Å². The van der Waals surface area contributed by atoms with Gasteiger partial charge in [-0.05, 0) is 24.6 Å². The van der Waals surface area contributed by atoms with E-state index in [-0.39, 0.29) is 5.84 Å². The maximum Gasteiger partial charge on any atom is 0.0923 e. The molecule has 0 saturated carbocycles. The summed E-state index contributed by atoms with van der Waals surface area (Å²) in [5.41, 5.74) is 9.18. The number of para-hydroxylation sites is 1. The van der Waals surface area contributed by atoms with E-state index in [0.717, 1.165) is 18.8 Å². The average molecular weight is 267 g/mol. The van der Waals surface area contributed by atoms with Gasteiger partial charge < -0.3 is 10.6 Å². The minimum absolute atomic E-state index is 0.231. The second-order valence-electron chi connectivity index (χ2n) is 5.02. The molecule has 3 nitrogen and oxygen atoms in total. The van der Waals surface area contributed by atoms with Crippen molar-refractivity contribution in [3.8, 4) is 0 Å². The molecule has 0 radical (unpaired) electrons. The standard InChI is InChI=1S/C17H21N3/c1-14-7-9-15(10-8-14)13-20(12-11-17(18)19)16-5-3-2-4-6-16/h2-10H,11-13H2,1H3,(H3,18,19). The highest BCUT2D eigenvalue weighted by Crippen LogP contribution is 2.17. The van der Waals surface area contributed by atoms with E-state index in [1.807, 2.05) is 18.2 Å². The largest absolute Gasteiger partial charge is 0.388 e. The van der Waals surface area contributed by atoms with Crippen LogP contribution in [0.15, 0.2) is 54.6 Å². The number of benzene rings is 2. The van der Waals surface area contributed by atoms with Gasteiger partial charge in [0, 0.05) is 25.2 Å². The summed E-state index contributed by atoms with van der Waals surface area (Å²) in [4.78, 5) is 2.26. The Morgan fingerprint density at radius 3 is 2.30 bits per heavy atom. The maximum absolute atomic E-state index is 7.41. The Morgan fingerprint density at radius 1 is 1.05 bits per heavy atom. The third-order valence-electron chi connectivity index (χ3n) is 3.27. The molecule has 0 fully saturated rings. The lowest BCUT2D eigenvalue weighted by Crippen LogP contribution is -2.27. The van der Waals surface area contributed by atoms with Gasteiger partial charge >= 0.3 is 0 Å². The molecule has 104 valence electrons. The number of anilines is 1. The monoisotopic (exact) mass is 267 g/mol. The van der Waals surface area contributed by atoms with Crippen molar-refractivity contribution in [3.63, 3.8) is 0 Å². The van der Waals surface area contributed by atoms with Crippen LogP contribution in [0.2, 0.25) is 0 Å². The zero-order chi connectivity index (χ0) is 14.4. The van der Waals surface area contributed by atoms with E-state index in [1.165, 1.54) is 11.1 Å². The van der Waals surface area contributed by atoms with Crippen LogP contribution >= 0.6 is 0 Å². The second kappa shape index (κ2) is 6.75. The van der Waals surface area contributed by atoms with Gasteiger partial charge in [-0.2, -0.15) is 0 Å². The van der Waals surface area contributed by atoms with Crippen molar-refractivity contribution in [3.05, 3.63) is 65.7 Å². The summed E-state index contributed by atoms with van der Waals surface area (Å²) >= 11 is 0. The molecule has 0 bridgehead atoms. The summed E-state index contributed by atoms with van der Waals surface area (Å²) in [6.07, 6.45) is 0.584. The van der Waals surface area contributed by atoms with Gasteiger partial charge in [0.05, 0.1) is 5.84 Å². The number of nitrogens with zero attached hydrogens (tertiary/aromatic N) is 1. The number of hydrogen-bond donors (Lipinski definition) is 2. The molecular weight excluding hydrogens is 246 g/mol. The molecule has 0 aliphatic rings. The quantitative estimate of drug-likeness (QED) is 0.623. The van der Waals surface area contributed by atoms with E-state index < -0.39 is 0 Å². The first kappa shape index (κ1) is 14.1. The Hall–Kier alpha value is -2.29. The van der Waals surface area contributed by atoms with Crippen LogP contribution in [-0.2, 0) is 6.54 Å². The lowest BCUT2D eigenvalue weighted by molar-refractivity contribution is 0.802. The van der Waals surface area contributed by atoms with E-state index in [1.54, 1.807) is 0 Å². The highest BCUT2D eigenvalue weighted by atomic mass is 15.1. The van der Waals surface area contributed by atoms with Gasteiger partial charge in [-0.3, -0.25) is 5.41 Å². The second-order valence-corrected chi connectivity index (χ2v) is 5.02. The summed E-state index contributed by atoms with van der Waals surface area (Å²) in [6.45, 7) is 3.68. The predicted octanol–water partition coefficient (Wildman–Crippen LogP) is 3.33. The molecule has 0 unspecified atom stereocenters. The van der Waals surface area contributed by atoms with Gasteiger partial charge in [0.2, 0.25) is 0 Å². The average Bonchev–Trinajstić information content (AvgIpc) is 2.46. The molecular formula is C17H21N3. The lowest BCUT2D eigenvalue weighted by atomic mass is 10.1. The smallest absolute Gasteiger partial charge is 0.0923 e. The molecule has 0 saturated heterocycles. The Kier molecular flexibility index (Phi) is 4.77. The molecule has 2 aromatic carbocycles. The van der Waals surface area contributed by atoms with Crippen LogP contribution in [0.5, 0.6) is 0 Å². The van der Waals surface area contributed by atoms with Crippen LogP contribution < -0.4 is 10.6 Å². The van der Waals surface area contributed by atoms with Crippen LogP contribution in [0.3, 0.4) is 0 Å². The highest BCUT2D eigenvalue weighted by molar-refractivity contribution is 5.77. The molecule has 3 heteroatoms. The van der Waals surface area contributed by atoms with E-state index >= 15 is 0 Å². The van der Waals surface area contributed by atoms with Crippen molar-refractivity contribution in [2.75, 3.05) is 11.4 Å². The molecule has 2 aromatic rings. The van der Waals surface area contributed by atoms with Gasteiger partial charge in [0.25, 0.3) is 0 Å². The topological polar surface area (TPSA) is 53.1 Å². The first-order valence-corrected chi connectivity index (χ1v) is 6.83. The fraction of sp³-hybridized carbons (Fsp3) is 0.235. The summed E-state index contributed by atoms with van der Waals surface area (Å²) < 4.78 is 0. The summed E-state index contributed by atoms with van der Waals surface area (Å²) in [5.74, 6) is 0.231. The summed E-state index contributed by atoms with van der Waals surface area (Å²) in [6, 6.07) is 18.8. The molecule has 0 aliphatic carbocycles. The molecule has 0 aliphatic heterocycles. The Labute approximate surface area is 120 Å². The van der Waals surface area contributed by atoms with Crippen LogP contribution in [0.4, 0.5) is 5.69 Å². The number of aryl methyl sites for hydroxylation is 1. The fourth-order valence-corrected chi connectivity index (χ4v) is 2.11. The van der Waals surface area contributed by atoms with Gasteiger partial charge in [0.15, 0.2) is 0 Å². The SMILES string of the molecule is Cc1ccc(CN(CCC(=N)N)c2ccccc2)cc1. The predicted molar refractivity (Wildman–Crippen MR) is 85.2 cm³/mol. The lowest BCUT2D eigenvalue weighted by Gasteiger charge is -2.25. The zero-order valence-electron chi connectivity index (χ0n) is 11.8. The van der Waals surface area contributed by atoms with Crippen molar-refractivity contribution < 1.29 is 0 Å². The van der Waals surface area contributed by atoms with E-state index in [0.29, 0.717) is 6.42 Å². The normalized spacial score (nSPS) is 10.2. The van der Waals surface area contributed by atoms with Crippen molar-refractivity contribution >= 4 is 11.5 Å². The number of amidine groups is 1. The number of hydrogen-bond acceptors (Lipinski definition) is 2. The van der Waals surface area contributed by atoms with Crippen molar-refractivity contribution in [2.24, 2.45) is 5.73 Å². The Morgan fingerprint density at radius 2 is 1.70 bits per heavy atom. The first-order chi connectivity index (χ1) is 9.65. The van der Waals surface area contributed by atoms with Gasteiger partial charge in [0.1, 0.15) is 0 Å². The third-order valence-corrected chi connectivity index (χ3v) is 3.27. The first-order valence-electron chi connectivity index (χ1n) is 6.83. The zero-order valence-corrected chi connectivity index (χ0v) is 11.8. The minimum atomic E-state index is 0.231. The number of rotatable bonds is 6. The van der Waals surface area contributed by atoms with Gasteiger partial charge in [-0.1, -0.05) is 48.0 Å². The Balaban J connectivity index is 2.13. The van der Waals surface area contributed by atoms with Crippen molar-refractivity contribution in [1.82, 2.24) is 0 Å². The molecule has 0 heterocycles. The molecule has 0 amide bonds. The van der Waals surface area contributed by atoms with E-state index in [9.17, 15) is 0 Å². The van der Waals surface area contributed by atoms with Gasteiger partial charge in [-0.15, -0.1) is 0 Å². The molecule has 0 spiro atoms.